The minimum Gasteiger partial charge on any atom is -0.493 e. The maximum Gasteiger partial charge on any atom is 0.326 e. The predicted octanol–water partition coefficient (Wildman–Crippen LogP) is 2.30. The number of hydrogen-bond donors (Lipinski definition) is 2. The fourth-order valence-electron chi connectivity index (χ4n) is 2.03. The molecular weight excluding hydrogens is 270 g/mol. The number of carboxylic acids is 1. The van der Waals surface area contributed by atoms with Gasteiger partial charge in [0.05, 0.1) is 13.0 Å². The molecule has 0 heterocycles. The van der Waals surface area contributed by atoms with Gasteiger partial charge in [0.2, 0.25) is 5.91 Å². The van der Waals surface area contributed by atoms with E-state index in [1.165, 1.54) is 0 Å². The van der Waals surface area contributed by atoms with Crippen molar-refractivity contribution in [3.8, 4) is 5.75 Å². The number of carbonyl (C=O) groups excluding carboxylic acids is 1. The molecule has 1 amide bonds. The predicted molar refractivity (Wildman–Crippen MR) is 80.4 cm³/mol. The first-order chi connectivity index (χ1) is 9.82. The van der Waals surface area contributed by atoms with E-state index in [0.29, 0.717) is 0 Å². The first-order valence-corrected chi connectivity index (χ1v) is 7.04. The maximum absolute atomic E-state index is 11.8. The molecule has 1 aromatic rings. The third-order valence-corrected chi connectivity index (χ3v) is 3.23. The summed E-state index contributed by atoms with van der Waals surface area (Å²) in [4.78, 5) is 22.8. The first kappa shape index (κ1) is 17.0. The zero-order valence-electron chi connectivity index (χ0n) is 13.0. The lowest BCUT2D eigenvalue weighted by molar-refractivity contribution is -0.143. The summed E-state index contributed by atoms with van der Waals surface area (Å²) in [6.45, 7) is 7.63. The lowest BCUT2D eigenvalue weighted by atomic mass is 10.0. The Morgan fingerprint density at radius 1 is 1.24 bits per heavy atom. The van der Waals surface area contributed by atoms with Gasteiger partial charge < -0.3 is 15.2 Å². The number of carbonyl (C=O) groups is 2. The average molecular weight is 293 g/mol. The molecule has 1 rings (SSSR count). The highest BCUT2D eigenvalue weighted by Crippen LogP contribution is 2.22. The second-order valence-electron chi connectivity index (χ2n) is 5.45. The molecule has 0 aliphatic rings. The minimum atomic E-state index is -1.02. The van der Waals surface area contributed by atoms with Gasteiger partial charge in [-0.3, -0.25) is 4.79 Å². The molecule has 5 heteroatoms. The van der Waals surface area contributed by atoms with Crippen LogP contribution in [0.25, 0.3) is 0 Å². The second kappa shape index (κ2) is 7.67. The highest BCUT2D eigenvalue weighted by atomic mass is 16.5. The average Bonchev–Trinajstić information content (AvgIpc) is 2.38. The standard InChI is InChI=1S/C16H23NO4/c1-10(2)14(16(19)20)17-13(18)8-9-21-15-11(3)6-5-7-12(15)4/h5-7,10,14H,8-9H2,1-4H3,(H,17,18)(H,19,20). The molecule has 2 N–H and O–H groups in total. The number of hydrogen-bond acceptors (Lipinski definition) is 3. The Hall–Kier alpha value is -2.04. The van der Waals surface area contributed by atoms with Gasteiger partial charge in [0.1, 0.15) is 11.8 Å². The van der Waals surface area contributed by atoms with Crippen LogP contribution in [0.15, 0.2) is 18.2 Å². The topological polar surface area (TPSA) is 75.6 Å². The maximum atomic E-state index is 11.8. The summed E-state index contributed by atoms with van der Waals surface area (Å²) >= 11 is 0. The number of nitrogens with one attached hydrogen (secondary N) is 1. The van der Waals surface area contributed by atoms with Crippen molar-refractivity contribution in [2.45, 2.75) is 40.2 Å². The molecule has 0 saturated heterocycles. The number of aliphatic carboxylic acids is 1. The molecule has 0 bridgehead atoms. The number of para-hydroxylation sites is 1. The molecular formula is C16H23NO4. The third-order valence-electron chi connectivity index (χ3n) is 3.23. The van der Waals surface area contributed by atoms with E-state index in [0.717, 1.165) is 16.9 Å². The van der Waals surface area contributed by atoms with E-state index in [9.17, 15) is 9.59 Å². The van der Waals surface area contributed by atoms with Crippen molar-refractivity contribution in [1.82, 2.24) is 5.32 Å². The van der Waals surface area contributed by atoms with Gasteiger partial charge in [-0.05, 0) is 30.9 Å². The Bertz CT molecular complexity index is 491. The van der Waals surface area contributed by atoms with E-state index in [2.05, 4.69) is 5.32 Å². The summed E-state index contributed by atoms with van der Waals surface area (Å²) < 4.78 is 5.63. The molecule has 116 valence electrons. The largest absolute Gasteiger partial charge is 0.493 e. The summed E-state index contributed by atoms with van der Waals surface area (Å²) in [5.41, 5.74) is 2.03. The Morgan fingerprint density at radius 3 is 2.29 bits per heavy atom. The number of amides is 1. The number of rotatable bonds is 7. The summed E-state index contributed by atoms with van der Waals surface area (Å²) in [7, 11) is 0. The monoisotopic (exact) mass is 293 g/mol. The smallest absolute Gasteiger partial charge is 0.326 e. The molecule has 0 saturated carbocycles. The van der Waals surface area contributed by atoms with E-state index in [1.54, 1.807) is 13.8 Å². The van der Waals surface area contributed by atoms with E-state index in [4.69, 9.17) is 9.84 Å². The Kier molecular flexibility index (Phi) is 6.21. The van der Waals surface area contributed by atoms with Gasteiger partial charge in [-0.25, -0.2) is 4.79 Å². The molecule has 0 aliphatic carbocycles. The first-order valence-electron chi connectivity index (χ1n) is 7.04. The molecule has 0 spiro atoms. The van der Waals surface area contributed by atoms with Gasteiger partial charge in [0, 0.05) is 0 Å². The van der Waals surface area contributed by atoms with Gasteiger partial charge in [-0.15, -0.1) is 0 Å². The molecule has 21 heavy (non-hydrogen) atoms. The highest BCUT2D eigenvalue weighted by Gasteiger charge is 2.23. The van der Waals surface area contributed by atoms with Crippen molar-refractivity contribution in [2.75, 3.05) is 6.61 Å². The van der Waals surface area contributed by atoms with Crippen LogP contribution in [0.3, 0.4) is 0 Å². The molecule has 5 nitrogen and oxygen atoms in total. The van der Waals surface area contributed by atoms with Crippen LogP contribution in [0, 0.1) is 19.8 Å². The lowest BCUT2D eigenvalue weighted by Gasteiger charge is -2.18. The van der Waals surface area contributed by atoms with E-state index in [1.807, 2.05) is 32.0 Å². The molecule has 0 aromatic heterocycles. The van der Waals surface area contributed by atoms with Gasteiger partial charge in [-0.1, -0.05) is 32.0 Å². The van der Waals surface area contributed by atoms with Crippen LogP contribution in [0.4, 0.5) is 0 Å². The van der Waals surface area contributed by atoms with Crippen molar-refractivity contribution in [3.63, 3.8) is 0 Å². The highest BCUT2D eigenvalue weighted by molar-refractivity contribution is 5.83. The van der Waals surface area contributed by atoms with E-state index < -0.39 is 12.0 Å². The molecule has 0 fully saturated rings. The summed E-state index contributed by atoms with van der Waals surface area (Å²) in [6.07, 6.45) is 0.129. The fourth-order valence-corrected chi connectivity index (χ4v) is 2.03. The zero-order valence-corrected chi connectivity index (χ0v) is 13.0. The van der Waals surface area contributed by atoms with Crippen molar-refractivity contribution < 1.29 is 19.4 Å². The van der Waals surface area contributed by atoms with Crippen molar-refractivity contribution in [3.05, 3.63) is 29.3 Å². The van der Waals surface area contributed by atoms with Gasteiger partial charge in [0.15, 0.2) is 0 Å². The number of carboxylic acid groups (broad SMARTS) is 1. The van der Waals surface area contributed by atoms with Crippen LogP contribution in [0.5, 0.6) is 5.75 Å². The van der Waals surface area contributed by atoms with Crippen molar-refractivity contribution in [2.24, 2.45) is 5.92 Å². The Labute approximate surface area is 125 Å². The number of benzene rings is 1. The van der Waals surface area contributed by atoms with E-state index >= 15 is 0 Å². The molecule has 1 aromatic carbocycles. The van der Waals surface area contributed by atoms with E-state index in [-0.39, 0.29) is 24.9 Å². The number of aryl methyl sites for hydroxylation is 2. The quantitative estimate of drug-likeness (QED) is 0.809. The van der Waals surface area contributed by atoms with Gasteiger partial charge in [0.25, 0.3) is 0 Å². The van der Waals surface area contributed by atoms with Crippen LogP contribution >= 0.6 is 0 Å². The zero-order chi connectivity index (χ0) is 16.0. The lowest BCUT2D eigenvalue weighted by Crippen LogP contribution is -2.44. The Balaban J connectivity index is 2.49. The van der Waals surface area contributed by atoms with Crippen LogP contribution in [-0.4, -0.2) is 29.6 Å². The van der Waals surface area contributed by atoms with Gasteiger partial charge >= 0.3 is 5.97 Å². The second-order valence-corrected chi connectivity index (χ2v) is 5.45. The summed E-state index contributed by atoms with van der Waals surface area (Å²) in [5.74, 6) is -0.716. The van der Waals surface area contributed by atoms with Crippen molar-refractivity contribution >= 4 is 11.9 Å². The van der Waals surface area contributed by atoms with Crippen LogP contribution in [0.2, 0.25) is 0 Å². The minimum absolute atomic E-state index is 0.129. The SMILES string of the molecule is Cc1cccc(C)c1OCCC(=O)NC(C(=O)O)C(C)C. The molecule has 1 atom stereocenters. The molecule has 0 radical (unpaired) electrons. The summed E-state index contributed by atoms with van der Waals surface area (Å²) in [6, 6.07) is 4.98. The van der Waals surface area contributed by atoms with Crippen molar-refractivity contribution in [1.29, 1.82) is 0 Å². The normalized spacial score (nSPS) is 12.0. The number of ether oxygens (including phenoxy) is 1. The molecule has 1 unspecified atom stereocenters. The molecule has 0 aliphatic heterocycles. The third kappa shape index (κ3) is 5.10. The van der Waals surface area contributed by atoms with Gasteiger partial charge in [-0.2, -0.15) is 0 Å². The fraction of sp³-hybridized carbons (Fsp3) is 0.500. The van der Waals surface area contributed by atoms with Crippen LogP contribution < -0.4 is 10.1 Å². The van der Waals surface area contributed by atoms with Crippen LogP contribution in [-0.2, 0) is 9.59 Å². The van der Waals surface area contributed by atoms with Crippen LogP contribution in [0.1, 0.15) is 31.4 Å². The summed E-state index contributed by atoms with van der Waals surface area (Å²) in [5, 5.41) is 11.5. The Morgan fingerprint density at radius 2 is 1.81 bits per heavy atom.